The summed E-state index contributed by atoms with van der Waals surface area (Å²) in [5, 5.41) is 1.55. The summed E-state index contributed by atoms with van der Waals surface area (Å²) in [6.07, 6.45) is 0. The largest absolute Gasteiger partial charge is 0.236 e. The van der Waals surface area contributed by atoms with Crippen LogP contribution < -0.4 is 0 Å². The summed E-state index contributed by atoms with van der Waals surface area (Å²) in [7, 11) is 0. The summed E-state index contributed by atoms with van der Waals surface area (Å²) < 4.78 is 0. The van der Waals surface area contributed by atoms with Crippen molar-refractivity contribution in [2.24, 2.45) is 0 Å². The lowest BCUT2D eigenvalue weighted by molar-refractivity contribution is 1.45. The van der Waals surface area contributed by atoms with Crippen LogP contribution in [0, 0.1) is 6.57 Å². The molecule has 0 aromatic heterocycles. The molecule has 0 aliphatic heterocycles. The fourth-order valence-electron chi connectivity index (χ4n) is 0.846. The Labute approximate surface area is 89.2 Å². The number of hydrogen-bond acceptors (Lipinski definition) is 0. The SMILES string of the molecule is [C-]#[N+]c1c(Cl)cc(Cl)cc1CBr. The molecule has 1 aromatic rings. The van der Waals surface area contributed by atoms with Gasteiger partial charge in [-0.1, -0.05) is 39.1 Å². The molecule has 1 aromatic carbocycles. The summed E-state index contributed by atoms with van der Waals surface area (Å²) in [5.41, 5.74) is 1.29. The maximum Gasteiger partial charge on any atom is 0.209 e. The van der Waals surface area contributed by atoms with E-state index in [9.17, 15) is 0 Å². The van der Waals surface area contributed by atoms with Crippen molar-refractivity contribution in [3.8, 4) is 0 Å². The summed E-state index contributed by atoms with van der Waals surface area (Å²) in [6, 6.07) is 3.30. The Balaban J connectivity index is 3.36. The van der Waals surface area contributed by atoms with Gasteiger partial charge in [0.15, 0.2) is 0 Å². The molecular weight excluding hydrogens is 261 g/mol. The van der Waals surface area contributed by atoms with Crippen molar-refractivity contribution >= 4 is 44.8 Å². The van der Waals surface area contributed by atoms with Crippen molar-refractivity contribution in [2.45, 2.75) is 5.33 Å². The molecule has 0 aliphatic carbocycles. The van der Waals surface area contributed by atoms with Crippen LogP contribution in [0.4, 0.5) is 5.69 Å². The van der Waals surface area contributed by atoms with E-state index in [0.29, 0.717) is 21.1 Å². The molecule has 0 atom stereocenters. The maximum atomic E-state index is 6.88. The fraction of sp³-hybridized carbons (Fsp3) is 0.125. The number of rotatable bonds is 1. The summed E-state index contributed by atoms with van der Waals surface area (Å²) in [5.74, 6) is 0. The first kappa shape index (κ1) is 9.85. The Morgan fingerprint density at radius 1 is 1.42 bits per heavy atom. The second-order valence-electron chi connectivity index (χ2n) is 2.14. The van der Waals surface area contributed by atoms with Crippen molar-refractivity contribution in [3.05, 3.63) is 39.2 Å². The first-order valence-electron chi connectivity index (χ1n) is 3.10. The van der Waals surface area contributed by atoms with Gasteiger partial charge in [0.2, 0.25) is 5.69 Å². The highest BCUT2D eigenvalue weighted by molar-refractivity contribution is 9.08. The third kappa shape index (κ3) is 1.92. The number of nitrogens with zero attached hydrogens (tertiary/aromatic N) is 1. The van der Waals surface area contributed by atoms with Crippen LogP contribution in [0.25, 0.3) is 4.85 Å². The average Bonchev–Trinajstić information content (AvgIpc) is 2.03. The van der Waals surface area contributed by atoms with Crippen LogP contribution >= 0.6 is 39.1 Å². The van der Waals surface area contributed by atoms with Gasteiger partial charge in [-0.05, 0) is 17.7 Å². The van der Waals surface area contributed by atoms with Crippen LogP contribution in [0.2, 0.25) is 10.0 Å². The van der Waals surface area contributed by atoms with E-state index in [4.69, 9.17) is 29.8 Å². The van der Waals surface area contributed by atoms with Gasteiger partial charge in [-0.15, -0.1) is 0 Å². The molecule has 4 heteroatoms. The molecule has 1 nitrogen and oxygen atoms in total. The van der Waals surface area contributed by atoms with Gasteiger partial charge in [0, 0.05) is 15.4 Å². The number of alkyl halides is 1. The summed E-state index contributed by atoms with van der Waals surface area (Å²) >= 11 is 14.8. The van der Waals surface area contributed by atoms with E-state index in [1.165, 1.54) is 0 Å². The molecular formula is C8H4BrCl2N. The number of hydrogen-bond donors (Lipinski definition) is 0. The Hall–Kier alpha value is -0.230. The molecule has 0 unspecified atom stereocenters. The van der Waals surface area contributed by atoms with Gasteiger partial charge >= 0.3 is 0 Å². The van der Waals surface area contributed by atoms with E-state index >= 15 is 0 Å². The van der Waals surface area contributed by atoms with E-state index in [-0.39, 0.29) is 0 Å². The van der Waals surface area contributed by atoms with Crippen molar-refractivity contribution in [1.29, 1.82) is 0 Å². The Morgan fingerprint density at radius 3 is 2.58 bits per heavy atom. The van der Waals surface area contributed by atoms with Gasteiger partial charge < -0.3 is 0 Å². The Kier molecular flexibility index (Phi) is 3.39. The molecule has 62 valence electrons. The highest BCUT2D eigenvalue weighted by atomic mass is 79.9. The minimum absolute atomic E-state index is 0.409. The predicted octanol–water partition coefficient (Wildman–Crippen LogP) is 4.44. The minimum Gasteiger partial charge on any atom is -0.236 e. The average molecular weight is 265 g/mol. The molecule has 0 fully saturated rings. The van der Waals surface area contributed by atoms with Crippen molar-refractivity contribution in [2.75, 3.05) is 0 Å². The van der Waals surface area contributed by atoms with Crippen LogP contribution in [-0.4, -0.2) is 0 Å². The zero-order valence-electron chi connectivity index (χ0n) is 5.94. The van der Waals surface area contributed by atoms with Crippen LogP contribution in [-0.2, 0) is 5.33 Å². The van der Waals surface area contributed by atoms with Gasteiger partial charge in [-0.25, -0.2) is 4.85 Å². The topological polar surface area (TPSA) is 4.36 Å². The third-order valence-corrected chi connectivity index (χ3v) is 2.47. The van der Waals surface area contributed by atoms with E-state index in [1.54, 1.807) is 12.1 Å². The van der Waals surface area contributed by atoms with Crippen molar-refractivity contribution in [1.82, 2.24) is 0 Å². The highest BCUT2D eigenvalue weighted by Crippen LogP contribution is 2.33. The predicted molar refractivity (Wildman–Crippen MR) is 55.4 cm³/mol. The Bertz CT molecular complexity index is 344. The summed E-state index contributed by atoms with van der Waals surface area (Å²) in [6.45, 7) is 6.88. The smallest absolute Gasteiger partial charge is 0.209 e. The molecule has 0 N–H and O–H groups in total. The Morgan fingerprint density at radius 2 is 2.08 bits per heavy atom. The van der Waals surface area contributed by atoms with Gasteiger partial charge in [-0.3, -0.25) is 0 Å². The lowest BCUT2D eigenvalue weighted by Crippen LogP contribution is -1.79. The first-order valence-corrected chi connectivity index (χ1v) is 4.98. The molecule has 0 spiro atoms. The van der Waals surface area contributed by atoms with E-state index in [0.717, 1.165) is 5.56 Å². The van der Waals surface area contributed by atoms with Gasteiger partial charge in [0.05, 0.1) is 6.57 Å². The fourth-order valence-corrected chi connectivity index (χ4v) is 1.85. The van der Waals surface area contributed by atoms with Crippen LogP contribution in [0.15, 0.2) is 12.1 Å². The van der Waals surface area contributed by atoms with E-state index in [2.05, 4.69) is 20.8 Å². The summed E-state index contributed by atoms with van der Waals surface area (Å²) in [4.78, 5) is 3.31. The minimum atomic E-state index is 0.409. The van der Waals surface area contributed by atoms with Crippen molar-refractivity contribution < 1.29 is 0 Å². The zero-order valence-corrected chi connectivity index (χ0v) is 9.04. The number of halogens is 3. The maximum absolute atomic E-state index is 6.88. The molecule has 0 bridgehead atoms. The first-order chi connectivity index (χ1) is 5.69. The van der Waals surface area contributed by atoms with Gasteiger partial charge in [0.25, 0.3) is 0 Å². The van der Waals surface area contributed by atoms with Crippen molar-refractivity contribution in [3.63, 3.8) is 0 Å². The lowest BCUT2D eigenvalue weighted by atomic mass is 10.2. The number of benzene rings is 1. The second-order valence-corrected chi connectivity index (χ2v) is 3.55. The molecule has 0 radical (unpaired) electrons. The van der Waals surface area contributed by atoms with Gasteiger partial charge in [0.1, 0.15) is 0 Å². The zero-order chi connectivity index (χ0) is 9.14. The lowest BCUT2D eigenvalue weighted by Gasteiger charge is -2.02. The molecule has 1 rings (SSSR count). The standard InChI is InChI=1S/C8H4BrCl2N/c1-12-8-5(4-9)2-6(10)3-7(8)11/h2-3H,4H2. The normalized spacial score (nSPS) is 9.50. The van der Waals surface area contributed by atoms with Gasteiger partial charge in [-0.2, -0.15) is 0 Å². The molecule has 0 amide bonds. The molecule has 12 heavy (non-hydrogen) atoms. The second kappa shape index (κ2) is 4.13. The molecule has 0 saturated heterocycles. The highest BCUT2D eigenvalue weighted by Gasteiger charge is 2.07. The quantitative estimate of drug-likeness (QED) is 0.522. The van der Waals surface area contributed by atoms with E-state index in [1.807, 2.05) is 0 Å². The van der Waals surface area contributed by atoms with Crippen LogP contribution in [0.5, 0.6) is 0 Å². The van der Waals surface area contributed by atoms with Crippen LogP contribution in [0.3, 0.4) is 0 Å². The molecule has 0 aliphatic rings. The molecule has 0 saturated carbocycles. The van der Waals surface area contributed by atoms with E-state index < -0.39 is 0 Å². The molecule has 0 heterocycles. The monoisotopic (exact) mass is 263 g/mol. The third-order valence-electron chi connectivity index (χ3n) is 1.36. The van der Waals surface area contributed by atoms with Crippen LogP contribution in [0.1, 0.15) is 5.56 Å².